The number of aryl methyl sites for hydroxylation is 1. The first-order valence-corrected chi connectivity index (χ1v) is 9.78. The molecule has 23 heavy (non-hydrogen) atoms. The Morgan fingerprint density at radius 3 is 2.22 bits per heavy atom. The minimum Gasteiger partial charge on any atom is -0.125 e. The second-order valence-corrected chi connectivity index (χ2v) is 8.54. The average molecular weight is 325 g/mol. The molecule has 1 heteroatoms. The summed E-state index contributed by atoms with van der Waals surface area (Å²) in [7, 11) is 0. The van der Waals surface area contributed by atoms with Crippen LogP contribution in [0.4, 0.5) is 0 Å². The Kier molecular flexibility index (Phi) is 4.87. The molecular weight excluding hydrogens is 296 g/mol. The Morgan fingerprint density at radius 1 is 0.957 bits per heavy atom. The van der Waals surface area contributed by atoms with Crippen molar-refractivity contribution in [2.45, 2.75) is 56.8 Å². The number of rotatable bonds is 5. The van der Waals surface area contributed by atoms with Crippen LogP contribution in [0, 0.1) is 12.3 Å². The zero-order valence-corrected chi connectivity index (χ0v) is 15.5. The second kappa shape index (κ2) is 6.73. The van der Waals surface area contributed by atoms with Crippen LogP contribution in [0.2, 0.25) is 0 Å². The first-order chi connectivity index (χ1) is 11.1. The fourth-order valence-electron chi connectivity index (χ4n) is 4.06. The maximum absolute atomic E-state index is 2.52. The van der Waals surface area contributed by atoms with Gasteiger partial charge in [-0.05, 0) is 42.4 Å². The topological polar surface area (TPSA) is 0 Å². The van der Waals surface area contributed by atoms with Crippen LogP contribution in [0.3, 0.4) is 0 Å². The van der Waals surface area contributed by atoms with Gasteiger partial charge in [-0.1, -0.05) is 75.2 Å². The van der Waals surface area contributed by atoms with Crippen LogP contribution >= 0.6 is 11.8 Å². The lowest BCUT2D eigenvalue weighted by molar-refractivity contribution is 0.183. The normalized spacial score (nSPS) is 19.4. The molecule has 122 valence electrons. The number of hydrogen-bond acceptors (Lipinski definition) is 1. The van der Waals surface area contributed by atoms with Gasteiger partial charge in [-0.3, -0.25) is 0 Å². The summed E-state index contributed by atoms with van der Waals surface area (Å²) in [4.78, 5) is 1.43. The van der Waals surface area contributed by atoms with Gasteiger partial charge in [0.2, 0.25) is 0 Å². The molecule has 1 fully saturated rings. The van der Waals surface area contributed by atoms with E-state index in [9.17, 15) is 0 Å². The molecule has 0 unspecified atom stereocenters. The van der Waals surface area contributed by atoms with Crippen LogP contribution < -0.4 is 0 Å². The van der Waals surface area contributed by atoms with Crippen LogP contribution in [0.1, 0.15) is 50.7 Å². The lowest BCUT2D eigenvalue weighted by Crippen LogP contribution is -2.42. The summed E-state index contributed by atoms with van der Waals surface area (Å²) in [6.07, 6.45) is 5.47. The van der Waals surface area contributed by atoms with Crippen LogP contribution in [0.15, 0.2) is 59.5 Å². The van der Waals surface area contributed by atoms with Crippen LogP contribution in [0.5, 0.6) is 0 Å². The lowest BCUT2D eigenvalue weighted by Gasteiger charge is -2.45. The summed E-state index contributed by atoms with van der Waals surface area (Å²) in [5.74, 6) is 1.15. The van der Waals surface area contributed by atoms with Crippen molar-refractivity contribution in [3.8, 4) is 0 Å². The second-order valence-electron chi connectivity index (χ2n) is 7.52. The van der Waals surface area contributed by atoms with Crippen LogP contribution in [-0.4, -0.2) is 5.75 Å². The van der Waals surface area contributed by atoms with Crippen molar-refractivity contribution in [2.24, 2.45) is 5.41 Å². The first kappa shape index (κ1) is 16.6. The van der Waals surface area contributed by atoms with E-state index in [1.807, 2.05) is 11.8 Å². The summed E-state index contributed by atoms with van der Waals surface area (Å²) in [6, 6.07) is 20.0. The van der Waals surface area contributed by atoms with E-state index < -0.39 is 0 Å². The van der Waals surface area contributed by atoms with Crippen molar-refractivity contribution < 1.29 is 0 Å². The Morgan fingerprint density at radius 2 is 1.57 bits per heavy atom. The number of benzene rings is 2. The van der Waals surface area contributed by atoms with Gasteiger partial charge < -0.3 is 0 Å². The van der Waals surface area contributed by atoms with Crippen molar-refractivity contribution in [1.29, 1.82) is 0 Å². The van der Waals surface area contributed by atoms with Gasteiger partial charge in [-0.2, -0.15) is 0 Å². The van der Waals surface area contributed by atoms with Crippen molar-refractivity contribution >= 4 is 11.8 Å². The molecule has 1 saturated carbocycles. The summed E-state index contributed by atoms with van der Waals surface area (Å²) in [6.45, 7) is 7.24. The molecular formula is C22H28S. The molecule has 0 radical (unpaired) electrons. The highest BCUT2D eigenvalue weighted by atomic mass is 32.2. The molecule has 0 bridgehead atoms. The van der Waals surface area contributed by atoms with Crippen molar-refractivity contribution in [1.82, 2.24) is 0 Å². The molecule has 0 N–H and O–H groups in total. The fourth-order valence-corrected chi connectivity index (χ4v) is 5.49. The van der Waals surface area contributed by atoms with Crippen LogP contribution in [0.25, 0.3) is 0 Å². The average Bonchev–Trinajstić information content (AvgIpc) is 3.03. The van der Waals surface area contributed by atoms with E-state index >= 15 is 0 Å². The standard InChI is InChI=1S/C22H28S/c1-18-11-7-8-14-20(18)23-17-22(3,19-12-5-4-6-13-19)21(2)15-9-10-16-21/h4-8,11-14H,9-10,15-17H2,1-3H3/t22-/m1/s1. The SMILES string of the molecule is Cc1ccccc1SC[C@](C)(c1ccccc1)C1(C)CCCC1. The third kappa shape index (κ3) is 3.21. The van der Waals surface area contributed by atoms with E-state index in [1.165, 1.54) is 41.7 Å². The van der Waals surface area contributed by atoms with Gasteiger partial charge in [0, 0.05) is 16.1 Å². The molecule has 1 aliphatic rings. The van der Waals surface area contributed by atoms with Gasteiger partial charge in [0.25, 0.3) is 0 Å². The Hall–Kier alpha value is -1.21. The van der Waals surface area contributed by atoms with Crippen molar-refractivity contribution in [3.05, 3.63) is 65.7 Å². The minimum absolute atomic E-state index is 0.220. The molecule has 0 heterocycles. The molecule has 3 rings (SSSR count). The van der Waals surface area contributed by atoms with Crippen molar-refractivity contribution in [2.75, 3.05) is 5.75 Å². The third-order valence-electron chi connectivity index (χ3n) is 6.06. The molecule has 0 spiro atoms. The van der Waals surface area contributed by atoms with E-state index in [0.717, 1.165) is 5.75 Å². The molecule has 1 atom stereocenters. The monoisotopic (exact) mass is 324 g/mol. The highest BCUT2D eigenvalue weighted by molar-refractivity contribution is 7.99. The molecule has 1 aliphatic carbocycles. The summed E-state index contributed by atoms with van der Waals surface area (Å²) in [5.41, 5.74) is 3.52. The number of thioether (sulfide) groups is 1. The largest absolute Gasteiger partial charge is 0.125 e. The van der Waals surface area contributed by atoms with Gasteiger partial charge in [0.05, 0.1) is 0 Å². The highest BCUT2D eigenvalue weighted by Gasteiger charge is 2.46. The van der Waals surface area contributed by atoms with Gasteiger partial charge in [-0.15, -0.1) is 11.8 Å². The van der Waals surface area contributed by atoms with Crippen molar-refractivity contribution in [3.63, 3.8) is 0 Å². The molecule has 2 aromatic carbocycles. The van der Waals surface area contributed by atoms with Gasteiger partial charge in [0.1, 0.15) is 0 Å². The predicted octanol–water partition coefficient (Wildman–Crippen LogP) is 6.63. The smallest absolute Gasteiger partial charge is 0.0101 e. The molecule has 0 aromatic heterocycles. The summed E-state index contributed by atoms with van der Waals surface area (Å²) >= 11 is 2.03. The first-order valence-electron chi connectivity index (χ1n) is 8.79. The summed E-state index contributed by atoms with van der Waals surface area (Å²) in [5, 5.41) is 0. The van der Waals surface area contributed by atoms with Gasteiger partial charge >= 0.3 is 0 Å². The molecule has 0 nitrogen and oxygen atoms in total. The quantitative estimate of drug-likeness (QED) is 0.556. The van der Waals surface area contributed by atoms with Crippen LogP contribution in [-0.2, 0) is 5.41 Å². The Balaban J connectivity index is 1.91. The van der Waals surface area contributed by atoms with E-state index in [2.05, 4.69) is 75.4 Å². The maximum Gasteiger partial charge on any atom is 0.0101 e. The van der Waals surface area contributed by atoms with E-state index in [4.69, 9.17) is 0 Å². The number of hydrogen-bond donors (Lipinski definition) is 0. The molecule has 0 aliphatic heterocycles. The zero-order valence-electron chi connectivity index (χ0n) is 14.6. The van der Waals surface area contributed by atoms with Gasteiger partial charge in [-0.25, -0.2) is 0 Å². The highest BCUT2D eigenvalue weighted by Crippen LogP contribution is 2.54. The molecule has 0 saturated heterocycles. The fraction of sp³-hybridized carbons (Fsp3) is 0.455. The van der Waals surface area contributed by atoms with E-state index in [0.29, 0.717) is 5.41 Å². The zero-order chi connectivity index (χ0) is 16.3. The van der Waals surface area contributed by atoms with E-state index in [-0.39, 0.29) is 5.41 Å². The summed E-state index contributed by atoms with van der Waals surface area (Å²) < 4.78 is 0. The third-order valence-corrected chi connectivity index (χ3v) is 7.55. The minimum atomic E-state index is 0.220. The lowest BCUT2D eigenvalue weighted by atomic mass is 9.62. The maximum atomic E-state index is 2.52. The molecule has 0 amide bonds. The predicted molar refractivity (Wildman–Crippen MR) is 102 cm³/mol. The van der Waals surface area contributed by atoms with Gasteiger partial charge in [0.15, 0.2) is 0 Å². The Labute approximate surface area is 145 Å². The molecule has 2 aromatic rings. The van der Waals surface area contributed by atoms with E-state index in [1.54, 1.807) is 0 Å². The Bertz CT molecular complexity index is 640.